The SMILES string of the molecule is N#CCNC(=O)C(=O)N1CCCSCC1. The second-order valence-corrected chi connectivity index (χ2v) is 4.32. The van der Waals surface area contributed by atoms with Gasteiger partial charge in [-0.1, -0.05) is 0 Å². The van der Waals surface area contributed by atoms with Crippen molar-refractivity contribution < 1.29 is 9.59 Å². The molecule has 0 aromatic heterocycles. The third-order valence-corrected chi connectivity index (χ3v) is 3.08. The molecule has 0 saturated carbocycles. The molecule has 6 heteroatoms. The molecule has 1 heterocycles. The molecule has 0 aromatic rings. The van der Waals surface area contributed by atoms with Crippen molar-refractivity contribution in [2.24, 2.45) is 0 Å². The highest BCUT2D eigenvalue weighted by Gasteiger charge is 2.21. The van der Waals surface area contributed by atoms with Gasteiger partial charge >= 0.3 is 11.8 Å². The molecule has 1 saturated heterocycles. The summed E-state index contributed by atoms with van der Waals surface area (Å²) in [7, 11) is 0. The molecule has 15 heavy (non-hydrogen) atoms. The first-order chi connectivity index (χ1) is 7.25. The van der Waals surface area contributed by atoms with Crippen LogP contribution in [0.4, 0.5) is 0 Å². The van der Waals surface area contributed by atoms with E-state index >= 15 is 0 Å². The van der Waals surface area contributed by atoms with Gasteiger partial charge in [-0.05, 0) is 12.2 Å². The number of nitrogens with one attached hydrogen (secondary N) is 1. The van der Waals surface area contributed by atoms with Gasteiger partial charge in [0.25, 0.3) is 0 Å². The van der Waals surface area contributed by atoms with Gasteiger partial charge < -0.3 is 10.2 Å². The molecule has 0 aliphatic carbocycles. The average molecular weight is 227 g/mol. The lowest BCUT2D eigenvalue weighted by molar-refractivity contribution is -0.145. The van der Waals surface area contributed by atoms with Crippen LogP contribution in [0.2, 0.25) is 0 Å². The first kappa shape index (κ1) is 11.9. The lowest BCUT2D eigenvalue weighted by atomic mass is 10.3. The van der Waals surface area contributed by atoms with E-state index in [0.717, 1.165) is 17.9 Å². The monoisotopic (exact) mass is 227 g/mol. The zero-order valence-electron chi connectivity index (χ0n) is 8.36. The van der Waals surface area contributed by atoms with Crippen LogP contribution >= 0.6 is 11.8 Å². The van der Waals surface area contributed by atoms with E-state index in [4.69, 9.17) is 5.26 Å². The average Bonchev–Trinajstić information content (AvgIpc) is 2.53. The van der Waals surface area contributed by atoms with Crippen molar-refractivity contribution in [2.75, 3.05) is 31.1 Å². The second kappa shape index (κ2) is 6.30. The molecule has 5 nitrogen and oxygen atoms in total. The summed E-state index contributed by atoms with van der Waals surface area (Å²) in [6.07, 6.45) is 0.919. The van der Waals surface area contributed by atoms with Crippen molar-refractivity contribution in [2.45, 2.75) is 6.42 Å². The lowest BCUT2D eigenvalue weighted by Crippen LogP contribution is -2.44. The summed E-state index contributed by atoms with van der Waals surface area (Å²) >= 11 is 1.79. The third kappa shape index (κ3) is 3.80. The largest absolute Gasteiger partial charge is 0.335 e. The van der Waals surface area contributed by atoms with Crippen molar-refractivity contribution in [3.63, 3.8) is 0 Å². The number of nitriles is 1. The number of hydrogen-bond donors (Lipinski definition) is 1. The molecule has 1 N–H and O–H groups in total. The van der Waals surface area contributed by atoms with Crippen LogP contribution in [-0.2, 0) is 9.59 Å². The Hall–Kier alpha value is -1.22. The fourth-order valence-corrected chi connectivity index (χ4v) is 2.18. The Morgan fingerprint density at radius 1 is 1.40 bits per heavy atom. The zero-order valence-corrected chi connectivity index (χ0v) is 9.18. The maximum Gasteiger partial charge on any atom is 0.311 e. The minimum absolute atomic E-state index is 0.118. The number of thioether (sulfide) groups is 1. The first-order valence-corrected chi connectivity index (χ1v) is 5.93. The van der Waals surface area contributed by atoms with E-state index in [9.17, 15) is 9.59 Å². The predicted octanol–water partition coefficient (Wildman–Crippen LogP) is -0.408. The Morgan fingerprint density at radius 2 is 2.20 bits per heavy atom. The maximum atomic E-state index is 11.6. The van der Waals surface area contributed by atoms with Crippen LogP contribution in [-0.4, -0.2) is 47.9 Å². The Kier molecular flexibility index (Phi) is 4.98. The number of nitrogens with zero attached hydrogens (tertiary/aromatic N) is 2. The fourth-order valence-electron chi connectivity index (χ4n) is 1.29. The fraction of sp³-hybridized carbons (Fsp3) is 0.667. The standard InChI is InChI=1S/C9H13N3O2S/c10-2-3-11-8(13)9(14)12-4-1-6-15-7-5-12/h1,3-7H2,(H,11,13). The summed E-state index contributed by atoms with van der Waals surface area (Å²) in [5.41, 5.74) is 0. The third-order valence-electron chi connectivity index (χ3n) is 2.03. The van der Waals surface area contributed by atoms with Crippen LogP contribution in [0, 0.1) is 11.3 Å². The molecule has 0 bridgehead atoms. The normalized spacial score (nSPS) is 16.3. The first-order valence-electron chi connectivity index (χ1n) is 4.77. The molecular formula is C9H13N3O2S. The Morgan fingerprint density at radius 3 is 2.93 bits per heavy atom. The lowest BCUT2D eigenvalue weighted by Gasteiger charge is -2.18. The molecule has 0 unspecified atom stereocenters. The number of amides is 2. The molecule has 0 spiro atoms. The van der Waals surface area contributed by atoms with Crippen LogP contribution in [0.1, 0.15) is 6.42 Å². The van der Waals surface area contributed by atoms with Gasteiger partial charge in [-0.2, -0.15) is 17.0 Å². The van der Waals surface area contributed by atoms with Gasteiger partial charge in [0.1, 0.15) is 6.54 Å². The van der Waals surface area contributed by atoms with Crippen molar-refractivity contribution >= 4 is 23.6 Å². The molecule has 82 valence electrons. The van der Waals surface area contributed by atoms with Crippen LogP contribution < -0.4 is 5.32 Å². The van der Waals surface area contributed by atoms with E-state index < -0.39 is 11.8 Å². The summed E-state index contributed by atoms with van der Waals surface area (Å²) in [6.45, 7) is 1.13. The van der Waals surface area contributed by atoms with E-state index in [1.165, 1.54) is 0 Å². The smallest absolute Gasteiger partial charge is 0.311 e. The molecule has 0 atom stereocenters. The quantitative estimate of drug-likeness (QED) is 0.488. The van der Waals surface area contributed by atoms with Gasteiger partial charge in [0.2, 0.25) is 0 Å². The Bertz CT molecular complexity index is 280. The minimum atomic E-state index is -0.677. The van der Waals surface area contributed by atoms with Crippen LogP contribution in [0.5, 0.6) is 0 Å². The van der Waals surface area contributed by atoms with Gasteiger partial charge in [0.05, 0.1) is 6.07 Å². The van der Waals surface area contributed by atoms with E-state index in [1.807, 2.05) is 0 Å². The van der Waals surface area contributed by atoms with Crippen molar-refractivity contribution in [3.05, 3.63) is 0 Å². The highest BCUT2D eigenvalue weighted by atomic mass is 32.2. The van der Waals surface area contributed by atoms with Gasteiger partial charge in [-0.15, -0.1) is 0 Å². The summed E-state index contributed by atoms with van der Waals surface area (Å²) in [5, 5.41) is 10.5. The zero-order chi connectivity index (χ0) is 11.1. The molecule has 2 amide bonds. The van der Waals surface area contributed by atoms with Crippen molar-refractivity contribution in [1.82, 2.24) is 10.2 Å². The molecule has 1 fully saturated rings. The van der Waals surface area contributed by atoms with Crippen LogP contribution in [0.25, 0.3) is 0 Å². The predicted molar refractivity (Wildman–Crippen MR) is 57.1 cm³/mol. The van der Waals surface area contributed by atoms with Crippen LogP contribution in [0.15, 0.2) is 0 Å². The second-order valence-electron chi connectivity index (χ2n) is 3.10. The van der Waals surface area contributed by atoms with Crippen molar-refractivity contribution in [1.29, 1.82) is 5.26 Å². The Labute approximate surface area is 92.8 Å². The highest BCUT2D eigenvalue weighted by Crippen LogP contribution is 2.09. The number of rotatable bonds is 1. The summed E-state index contributed by atoms with van der Waals surface area (Å²) < 4.78 is 0. The van der Waals surface area contributed by atoms with E-state index in [2.05, 4.69) is 5.32 Å². The van der Waals surface area contributed by atoms with Gasteiger partial charge in [0.15, 0.2) is 0 Å². The van der Waals surface area contributed by atoms with E-state index in [1.54, 1.807) is 22.7 Å². The highest BCUT2D eigenvalue weighted by molar-refractivity contribution is 7.99. The number of hydrogen-bond acceptors (Lipinski definition) is 4. The van der Waals surface area contributed by atoms with E-state index in [-0.39, 0.29) is 6.54 Å². The molecule has 0 radical (unpaired) electrons. The van der Waals surface area contributed by atoms with Gasteiger partial charge in [-0.3, -0.25) is 9.59 Å². The molecule has 1 rings (SSSR count). The molecule has 0 aromatic carbocycles. The van der Waals surface area contributed by atoms with E-state index in [0.29, 0.717) is 13.1 Å². The number of carbonyl (C=O) groups excluding carboxylic acids is 2. The number of carbonyl (C=O) groups is 2. The summed E-state index contributed by atoms with van der Waals surface area (Å²) in [6, 6.07) is 1.76. The minimum Gasteiger partial charge on any atom is -0.335 e. The summed E-state index contributed by atoms with van der Waals surface area (Å²) in [5.74, 6) is 0.706. The van der Waals surface area contributed by atoms with Gasteiger partial charge in [-0.25, -0.2) is 0 Å². The topological polar surface area (TPSA) is 73.2 Å². The summed E-state index contributed by atoms with van der Waals surface area (Å²) in [4.78, 5) is 24.4. The molecular weight excluding hydrogens is 214 g/mol. The van der Waals surface area contributed by atoms with Crippen LogP contribution in [0.3, 0.4) is 0 Å². The maximum absolute atomic E-state index is 11.6. The van der Waals surface area contributed by atoms with Crippen molar-refractivity contribution in [3.8, 4) is 6.07 Å². The van der Waals surface area contributed by atoms with Gasteiger partial charge in [0, 0.05) is 18.8 Å². The molecule has 1 aliphatic heterocycles. The molecule has 1 aliphatic rings. The Balaban J connectivity index is 2.43.